The number of nitrogens with one attached hydrogen (secondary N) is 1. The number of rotatable bonds is 5. The van der Waals surface area contributed by atoms with E-state index in [1.807, 2.05) is 38.1 Å². The average Bonchev–Trinajstić information content (AvgIpc) is 2.61. The summed E-state index contributed by atoms with van der Waals surface area (Å²) in [6, 6.07) is 8.02. The second-order valence-corrected chi connectivity index (χ2v) is 4.59. The molecule has 0 radical (unpaired) electrons. The van der Waals surface area contributed by atoms with Gasteiger partial charge in [-0.2, -0.15) is 0 Å². The molecule has 18 heavy (non-hydrogen) atoms. The van der Waals surface area contributed by atoms with Crippen molar-refractivity contribution in [3.8, 4) is 0 Å². The molecule has 0 saturated heterocycles. The fraction of sp³-hybridized carbons (Fsp3) is 0.357. The molecule has 2 rings (SSSR count). The molecule has 0 spiro atoms. The van der Waals surface area contributed by atoms with Gasteiger partial charge in [-0.25, -0.2) is 0 Å². The van der Waals surface area contributed by atoms with Gasteiger partial charge in [-0.15, -0.1) is 0 Å². The quantitative estimate of drug-likeness (QED) is 0.848. The van der Waals surface area contributed by atoms with Crippen molar-refractivity contribution >= 4 is 16.9 Å². The van der Waals surface area contributed by atoms with Gasteiger partial charge in [-0.1, -0.05) is 18.2 Å². The van der Waals surface area contributed by atoms with E-state index < -0.39 is 0 Å². The van der Waals surface area contributed by atoms with E-state index in [1.165, 1.54) is 0 Å². The summed E-state index contributed by atoms with van der Waals surface area (Å²) < 4.78 is 5.68. The number of hydrogen-bond acceptors (Lipinski definition) is 3. The maximum absolute atomic E-state index is 10.8. The second-order valence-electron chi connectivity index (χ2n) is 4.59. The molecule has 2 aromatic rings. The first-order chi connectivity index (χ1) is 8.58. The number of nitrogens with two attached hydrogens (primary N) is 1. The van der Waals surface area contributed by atoms with Crippen LogP contribution in [-0.4, -0.2) is 11.9 Å². The number of aryl methyl sites for hydroxylation is 1. The SMILES string of the molecule is Cc1oc2ccccc2c1CNC(C)CC(N)=O. The Kier molecular flexibility index (Phi) is 3.67. The lowest BCUT2D eigenvalue weighted by atomic mass is 10.1. The number of carbonyl (C=O) groups excluding carboxylic acids is 1. The van der Waals surface area contributed by atoms with Crippen LogP contribution in [-0.2, 0) is 11.3 Å². The van der Waals surface area contributed by atoms with Gasteiger partial charge in [0.25, 0.3) is 0 Å². The summed E-state index contributed by atoms with van der Waals surface area (Å²) in [5.74, 6) is 0.624. The minimum Gasteiger partial charge on any atom is -0.461 e. The average molecular weight is 246 g/mol. The topological polar surface area (TPSA) is 68.3 Å². The zero-order chi connectivity index (χ0) is 13.1. The van der Waals surface area contributed by atoms with Crippen LogP contribution >= 0.6 is 0 Å². The van der Waals surface area contributed by atoms with E-state index in [9.17, 15) is 4.79 Å². The van der Waals surface area contributed by atoms with Crippen LogP contribution in [0, 0.1) is 6.92 Å². The summed E-state index contributed by atoms with van der Waals surface area (Å²) in [5.41, 5.74) is 7.20. The van der Waals surface area contributed by atoms with Crippen LogP contribution in [0.25, 0.3) is 11.0 Å². The molecule has 0 fully saturated rings. The summed E-state index contributed by atoms with van der Waals surface area (Å²) in [5, 5.41) is 4.41. The number of para-hydroxylation sites is 1. The third-order valence-corrected chi connectivity index (χ3v) is 3.03. The van der Waals surface area contributed by atoms with Crippen LogP contribution in [0.5, 0.6) is 0 Å². The zero-order valence-corrected chi connectivity index (χ0v) is 10.7. The van der Waals surface area contributed by atoms with Crippen molar-refractivity contribution in [1.29, 1.82) is 0 Å². The first-order valence-corrected chi connectivity index (χ1v) is 6.06. The molecule has 4 heteroatoms. The Hall–Kier alpha value is -1.81. The van der Waals surface area contributed by atoms with Crippen LogP contribution in [0.3, 0.4) is 0 Å². The van der Waals surface area contributed by atoms with Crippen LogP contribution in [0.4, 0.5) is 0 Å². The minimum absolute atomic E-state index is 0.0653. The molecule has 1 aromatic heterocycles. The Bertz CT molecular complexity index is 560. The van der Waals surface area contributed by atoms with Gasteiger partial charge in [-0.05, 0) is 19.9 Å². The van der Waals surface area contributed by atoms with E-state index in [0.29, 0.717) is 13.0 Å². The lowest BCUT2D eigenvalue weighted by Crippen LogP contribution is -2.30. The van der Waals surface area contributed by atoms with Crippen molar-refractivity contribution in [2.24, 2.45) is 5.73 Å². The maximum Gasteiger partial charge on any atom is 0.218 e. The highest BCUT2D eigenvalue weighted by Crippen LogP contribution is 2.25. The van der Waals surface area contributed by atoms with Crippen LogP contribution in [0.2, 0.25) is 0 Å². The highest BCUT2D eigenvalue weighted by Gasteiger charge is 2.12. The molecule has 0 aliphatic heterocycles. The monoisotopic (exact) mass is 246 g/mol. The molecule has 96 valence electrons. The summed E-state index contributed by atoms with van der Waals surface area (Å²) >= 11 is 0. The van der Waals surface area contributed by atoms with Gasteiger partial charge < -0.3 is 15.5 Å². The van der Waals surface area contributed by atoms with Crippen LogP contribution in [0.1, 0.15) is 24.7 Å². The highest BCUT2D eigenvalue weighted by atomic mass is 16.3. The van der Waals surface area contributed by atoms with E-state index in [-0.39, 0.29) is 11.9 Å². The number of fused-ring (bicyclic) bond motifs is 1. The number of amides is 1. The van der Waals surface area contributed by atoms with Crippen molar-refractivity contribution in [1.82, 2.24) is 5.32 Å². The Morgan fingerprint density at radius 1 is 1.44 bits per heavy atom. The Morgan fingerprint density at radius 2 is 2.17 bits per heavy atom. The van der Waals surface area contributed by atoms with E-state index in [4.69, 9.17) is 10.2 Å². The predicted octanol–water partition coefficient (Wildman–Crippen LogP) is 2.09. The third-order valence-electron chi connectivity index (χ3n) is 3.03. The Labute approximate surface area is 106 Å². The maximum atomic E-state index is 10.8. The van der Waals surface area contributed by atoms with Crippen molar-refractivity contribution in [2.45, 2.75) is 32.9 Å². The van der Waals surface area contributed by atoms with Gasteiger partial charge in [0, 0.05) is 30.0 Å². The highest BCUT2D eigenvalue weighted by molar-refractivity contribution is 5.82. The zero-order valence-electron chi connectivity index (χ0n) is 10.7. The molecule has 0 aliphatic rings. The molecule has 4 nitrogen and oxygen atoms in total. The number of primary amides is 1. The van der Waals surface area contributed by atoms with Crippen molar-refractivity contribution < 1.29 is 9.21 Å². The second kappa shape index (κ2) is 5.23. The largest absolute Gasteiger partial charge is 0.461 e. The summed E-state index contributed by atoms with van der Waals surface area (Å²) in [4.78, 5) is 10.8. The number of benzene rings is 1. The summed E-state index contributed by atoms with van der Waals surface area (Å²) in [6.45, 7) is 4.58. The van der Waals surface area contributed by atoms with Gasteiger partial charge in [0.05, 0.1) is 0 Å². The predicted molar refractivity (Wildman–Crippen MR) is 71.1 cm³/mol. The van der Waals surface area contributed by atoms with E-state index in [0.717, 1.165) is 22.3 Å². The van der Waals surface area contributed by atoms with Gasteiger partial charge in [0.2, 0.25) is 5.91 Å². The van der Waals surface area contributed by atoms with E-state index >= 15 is 0 Å². The number of hydrogen-bond donors (Lipinski definition) is 2. The molecule has 1 amide bonds. The molecule has 0 aliphatic carbocycles. The lowest BCUT2D eigenvalue weighted by molar-refractivity contribution is -0.118. The number of furan rings is 1. The molecule has 0 saturated carbocycles. The van der Waals surface area contributed by atoms with Crippen LogP contribution in [0.15, 0.2) is 28.7 Å². The molecule has 1 atom stereocenters. The molecule has 1 heterocycles. The van der Waals surface area contributed by atoms with Crippen molar-refractivity contribution in [3.63, 3.8) is 0 Å². The van der Waals surface area contributed by atoms with Crippen LogP contribution < -0.4 is 11.1 Å². The van der Waals surface area contributed by atoms with Crippen molar-refractivity contribution in [3.05, 3.63) is 35.6 Å². The minimum atomic E-state index is -0.288. The Balaban J connectivity index is 2.12. The summed E-state index contributed by atoms with van der Waals surface area (Å²) in [7, 11) is 0. The first-order valence-electron chi connectivity index (χ1n) is 6.06. The first kappa shape index (κ1) is 12.6. The molecule has 1 aromatic carbocycles. The molecule has 3 N–H and O–H groups in total. The van der Waals surface area contributed by atoms with Gasteiger partial charge >= 0.3 is 0 Å². The third kappa shape index (κ3) is 2.71. The number of carbonyl (C=O) groups is 1. The van der Waals surface area contributed by atoms with E-state index in [2.05, 4.69) is 5.32 Å². The standard InChI is InChI=1S/C14H18N2O2/c1-9(7-14(15)17)16-8-12-10(2)18-13-6-4-3-5-11(12)13/h3-6,9,16H,7-8H2,1-2H3,(H2,15,17). The summed E-state index contributed by atoms with van der Waals surface area (Å²) in [6.07, 6.45) is 0.342. The van der Waals surface area contributed by atoms with Crippen molar-refractivity contribution in [2.75, 3.05) is 0 Å². The lowest BCUT2D eigenvalue weighted by Gasteiger charge is -2.11. The molecular formula is C14H18N2O2. The van der Waals surface area contributed by atoms with Gasteiger partial charge in [-0.3, -0.25) is 4.79 Å². The van der Waals surface area contributed by atoms with Gasteiger partial charge in [0.1, 0.15) is 11.3 Å². The fourth-order valence-corrected chi connectivity index (χ4v) is 2.09. The Morgan fingerprint density at radius 3 is 2.89 bits per heavy atom. The molecule has 1 unspecified atom stereocenters. The normalized spacial score (nSPS) is 12.8. The fourth-order valence-electron chi connectivity index (χ4n) is 2.09. The van der Waals surface area contributed by atoms with E-state index in [1.54, 1.807) is 0 Å². The van der Waals surface area contributed by atoms with Gasteiger partial charge in [0.15, 0.2) is 0 Å². The molecule has 0 bridgehead atoms. The molecular weight excluding hydrogens is 228 g/mol. The smallest absolute Gasteiger partial charge is 0.218 e.